The number of imidazole rings is 1. The van der Waals surface area contributed by atoms with Crippen molar-refractivity contribution in [3.8, 4) is 5.69 Å². The van der Waals surface area contributed by atoms with E-state index >= 15 is 0 Å². The summed E-state index contributed by atoms with van der Waals surface area (Å²) >= 11 is 0. The molecule has 0 aliphatic carbocycles. The molecule has 0 fully saturated rings. The molecule has 1 heterocycles. The molecular weight excluding hydrogens is 513 g/mol. The number of ether oxygens (including phenoxy) is 1. The number of benzene rings is 3. The summed E-state index contributed by atoms with van der Waals surface area (Å²) in [6.45, 7) is 6.60. The van der Waals surface area contributed by atoms with Gasteiger partial charge in [-0.1, -0.05) is 12.1 Å². The van der Waals surface area contributed by atoms with Crippen molar-refractivity contribution in [2.75, 3.05) is 10.6 Å². The molecule has 11 heteroatoms. The van der Waals surface area contributed by atoms with Crippen LogP contribution in [0.15, 0.2) is 66.7 Å². The van der Waals surface area contributed by atoms with Crippen LogP contribution in [-0.4, -0.2) is 32.9 Å². The van der Waals surface area contributed by atoms with Crippen molar-refractivity contribution in [1.29, 1.82) is 0 Å². The van der Waals surface area contributed by atoms with Crippen LogP contribution in [0.4, 0.5) is 29.6 Å². The molecule has 4 aromatic rings. The number of aromatic nitrogens is 2. The van der Waals surface area contributed by atoms with E-state index in [9.17, 15) is 27.6 Å². The van der Waals surface area contributed by atoms with Crippen LogP contribution in [0.2, 0.25) is 0 Å². The lowest BCUT2D eigenvalue weighted by atomic mass is 10.1. The molecule has 1 aromatic heterocycles. The lowest BCUT2D eigenvalue weighted by Gasteiger charge is -2.20. The van der Waals surface area contributed by atoms with E-state index in [1.165, 1.54) is 13.0 Å². The Balaban J connectivity index is 1.76. The zero-order chi connectivity index (χ0) is 28.5. The first-order valence-electron chi connectivity index (χ1n) is 11.8. The zero-order valence-electron chi connectivity index (χ0n) is 21.5. The van der Waals surface area contributed by atoms with Gasteiger partial charge in [-0.3, -0.25) is 24.8 Å². The predicted octanol–water partition coefficient (Wildman–Crippen LogP) is 6.85. The van der Waals surface area contributed by atoms with Gasteiger partial charge in [0.15, 0.2) is 5.78 Å². The third-order valence-corrected chi connectivity index (χ3v) is 5.49. The standard InChI is InChI=1S/C28H25F3N4O4/c1-16(36)17-11-12-23-22(14-17)33-25(34-24(37)18-7-5-8-19(13-18)28(29,30)31)35(23)21-10-6-9-20(15-21)32-26(38)39-27(2,3)4/h5-15H,1-4H3,(H,32,38)(H,33,34,37). The lowest BCUT2D eigenvalue weighted by Crippen LogP contribution is -2.27. The molecule has 0 unspecified atom stereocenters. The van der Waals surface area contributed by atoms with Crippen LogP contribution in [0.25, 0.3) is 16.7 Å². The minimum absolute atomic E-state index is 0.00234. The van der Waals surface area contributed by atoms with E-state index in [0.717, 1.165) is 18.2 Å². The quantitative estimate of drug-likeness (QED) is 0.271. The Labute approximate surface area is 221 Å². The van der Waals surface area contributed by atoms with Crippen molar-refractivity contribution < 1.29 is 32.3 Å². The second-order valence-electron chi connectivity index (χ2n) is 9.74. The highest BCUT2D eigenvalue weighted by atomic mass is 19.4. The Morgan fingerprint density at radius 2 is 1.59 bits per heavy atom. The third-order valence-electron chi connectivity index (χ3n) is 5.49. The van der Waals surface area contributed by atoms with Gasteiger partial charge >= 0.3 is 12.3 Å². The largest absolute Gasteiger partial charge is 0.444 e. The number of anilines is 2. The van der Waals surface area contributed by atoms with E-state index in [1.807, 2.05) is 0 Å². The van der Waals surface area contributed by atoms with E-state index in [4.69, 9.17) is 4.74 Å². The van der Waals surface area contributed by atoms with Crippen molar-refractivity contribution in [3.05, 3.63) is 83.4 Å². The Morgan fingerprint density at radius 1 is 0.872 bits per heavy atom. The van der Waals surface area contributed by atoms with Gasteiger partial charge in [-0.25, -0.2) is 9.78 Å². The molecule has 8 nitrogen and oxygen atoms in total. The molecule has 3 aromatic carbocycles. The summed E-state index contributed by atoms with van der Waals surface area (Å²) in [4.78, 5) is 41.7. The number of carbonyl (C=O) groups excluding carboxylic acids is 3. The normalized spacial score (nSPS) is 11.8. The molecule has 0 radical (unpaired) electrons. The molecule has 4 rings (SSSR count). The number of nitrogens with one attached hydrogen (secondary N) is 2. The number of Topliss-reactive ketones (excluding diaryl/α,β-unsaturated/α-hetero) is 1. The second-order valence-corrected chi connectivity index (χ2v) is 9.74. The average molecular weight is 539 g/mol. The molecule has 0 saturated carbocycles. The van der Waals surface area contributed by atoms with E-state index in [1.54, 1.807) is 67.8 Å². The van der Waals surface area contributed by atoms with Gasteiger partial charge in [-0.15, -0.1) is 0 Å². The molecule has 0 spiro atoms. The minimum atomic E-state index is -4.62. The highest BCUT2D eigenvalue weighted by molar-refractivity contribution is 6.05. The summed E-state index contributed by atoms with van der Waals surface area (Å²) in [6, 6.07) is 15.4. The first kappa shape index (κ1) is 27.4. The molecule has 2 N–H and O–H groups in total. The number of hydrogen-bond donors (Lipinski definition) is 2. The fourth-order valence-electron chi connectivity index (χ4n) is 3.80. The topological polar surface area (TPSA) is 102 Å². The van der Waals surface area contributed by atoms with Crippen LogP contribution < -0.4 is 10.6 Å². The lowest BCUT2D eigenvalue weighted by molar-refractivity contribution is -0.137. The first-order chi connectivity index (χ1) is 18.2. The van der Waals surface area contributed by atoms with E-state index < -0.39 is 29.3 Å². The number of carbonyl (C=O) groups is 3. The number of rotatable bonds is 5. The maximum absolute atomic E-state index is 13.2. The van der Waals surface area contributed by atoms with Gasteiger partial charge in [-0.2, -0.15) is 13.2 Å². The molecule has 0 aliphatic rings. The average Bonchev–Trinajstić information content (AvgIpc) is 3.19. The number of hydrogen-bond acceptors (Lipinski definition) is 5. The number of halogens is 3. The monoisotopic (exact) mass is 538 g/mol. The van der Waals surface area contributed by atoms with Crippen molar-refractivity contribution in [3.63, 3.8) is 0 Å². The summed E-state index contributed by atoms with van der Waals surface area (Å²) < 4.78 is 46.4. The molecule has 0 aliphatic heterocycles. The number of fused-ring (bicyclic) bond motifs is 1. The van der Waals surface area contributed by atoms with Crippen molar-refractivity contribution in [1.82, 2.24) is 9.55 Å². The van der Waals surface area contributed by atoms with Crippen molar-refractivity contribution in [2.45, 2.75) is 39.5 Å². The van der Waals surface area contributed by atoms with Gasteiger partial charge in [0.25, 0.3) is 5.91 Å². The molecule has 0 bridgehead atoms. The predicted molar refractivity (Wildman–Crippen MR) is 140 cm³/mol. The highest BCUT2D eigenvalue weighted by Gasteiger charge is 2.31. The summed E-state index contributed by atoms with van der Waals surface area (Å²) in [5, 5.41) is 5.23. The maximum atomic E-state index is 13.2. The van der Waals surface area contributed by atoms with Crippen LogP contribution in [-0.2, 0) is 10.9 Å². The summed E-state index contributed by atoms with van der Waals surface area (Å²) in [5.74, 6) is -1.00. The number of alkyl halides is 3. The summed E-state index contributed by atoms with van der Waals surface area (Å²) in [5.41, 5.74) is 0.242. The van der Waals surface area contributed by atoms with Gasteiger partial charge < -0.3 is 4.74 Å². The Hall–Kier alpha value is -4.67. The number of ketones is 1. The number of nitrogens with zero attached hydrogens (tertiary/aromatic N) is 2. The molecule has 0 saturated heterocycles. The Morgan fingerprint density at radius 3 is 2.26 bits per heavy atom. The van der Waals surface area contributed by atoms with Gasteiger partial charge in [0.2, 0.25) is 5.95 Å². The fraction of sp³-hybridized carbons (Fsp3) is 0.214. The number of amides is 2. The van der Waals surface area contributed by atoms with Crippen LogP contribution >= 0.6 is 0 Å². The van der Waals surface area contributed by atoms with Crippen LogP contribution in [0.3, 0.4) is 0 Å². The zero-order valence-corrected chi connectivity index (χ0v) is 21.5. The van der Waals surface area contributed by atoms with Gasteiger partial charge in [-0.05, 0) is 82.3 Å². The Kier molecular flexibility index (Phi) is 7.18. The van der Waals surface area contributed by atoms with Crippen LogP contribution in [0.5, 0.6) is 0 Å². The van der Waals surface area contributed by atoms with Gasteiger partial charge in [0.1, 0.15) is 5.60 Å². The van der Waals surface area contributed by atoms with E-state index in [2.05, 4.69) is 15.6 Å². The van der Waals surface area contributed by atoms with Gasteiger partial charge in [0.05, 0.1) is 22.3 Å². The minimum Gasteiger partial charge on any atom is -0.444 e. The van der Waals surface area contributed by atoms with Crippen LogP contribution in [0, 0.1) is 0 Å². The third kappa shape index (κ3) is 6.43. The van der Waals surface area contributed by atoms with E-state index in [-0.39, 0.29) is 17.3 Å². The Bertz CT molecular complexity index is 1590. The summed E-state index contributed by atoms with van der Waals surface area (Å²) in [6.07, 6.45) is -5.28. The fourth-order valence-corrected chi connectivity index (χ4v) is 3.80. The van der Waals surface area contributed by atoms with E-state index in [0.29, 0.717) is 28.0 Å². The second kappa shape index (κ2) is 10.2. The first-order valence-corrected chi connectivity index (χ1v) is 11.8. The smallest absolute Gasteiger partial charge is 0.416 e. The van der Waals surface area contributed by atoms with Crippen molar-refractivity contribution in [2.24, 2.45) is 0 Å². The van der Waals surface area contributed by atoms with Crippen LogP contribution in [0.1, 0.15) is 54.0 Å². The van der Waals surface area contributed by atoms with Gasteiger partial charge in [0, 0.05) is 16.8 Å². The SMILES string of the molecule is CC(=O)c1ccc2c(c1)nc(NC(=O)c1cccc(C(F)(F)F)c1)n2-c1cccc(NC(=O)OC(C)(C)C)c1. The maximum Gasteiger partial charge on any atom is 0.416 e. The molecule has 2 amide bonds. The molecule has 39 heavy (non-hydrogen) atoms. The van der Waals surface area contributed by atoms with Crippen molar-refractivity contribution >= 4 is 40.5 Å². The molecule has 0 atom stereocenters. The highest BCUT2D eigenvalue weighted by Crippen LogP contribution is 2.31. The molecule has 202 valence electrons. The molecular formula is C28H25F3N4O4. The summed E-state index contributed by atoms with van der Waals surface area (Å²) in [7, 11) is 0.